The molecule has 2 aromatic carbocycles. The van der Waals surface area contributed by atoms with Crippen molar-refractivity contribution < 1.29 is 4.74 Å². The van der Waals surface area contributed by atoms with Crippen molar-refractivity contribution in [2.75, 3.05) is 17.7 Å². The van der Waals surface area contributed by atoms with Crippen LogP contribution < -0.4 is 15.4 Å². The first kappa shape index (κ1) is 13.6. The lowest BCUT2D eigenvalue weighted by Crippen LogP contribution is -2.19. The molecule has 0 spiro atoms. The minimum Gasteiger partial charge on any atom is -0.495 e. The Morgan fingerprint density at radius 1 is 1.11 bits per heavy atom. The van der Waals surface area contributed by atoms with Crippen LogP contribution in [-0.2, 0) is 0 Å². The fraction of sp³-hybridized carbons (Fsp3) is 0.0714. The SMILES string of the molecule is COc1cc(Cl)ccc1NC(=S)Nc1ccccc1. The fourth-order valence-corrected chi connectivity index (χ4v) is 1.96. The van der Waals surface area contributed by atoms with E-state index in [-0.39, 0.29) is 0 Å². The Kier molecular flexibility index (Phi) is 4.60. The zero-order valence-electron chi connectivity index (χ0n) is 10.3. The summed E-state index contributed by atoms with van der Waals surface area (Å²) >= 11 is 11.2. The van der Waals surface area contributed by atoms with Crippen LogP contribution in [0.25, 0.3) is 0 Å². The van der Waals surface area contributed by atoms with Gasteiger partial charge in [-0.3, -0.25) is 0 Å². The molecule has 0 fully saturated rings. The number of ether oxygens (including phenoxy) is 1. The molecular weight excluding hydrogens is 280 g/mol. The van der Waals surface area contributed by atoms with Crippen LogP contribution in [0.15, 0.2) is 48.5 Å². The van der Waals surface area contributed by atoms with Crippen molar-refractivity contribution in [3.05, 3.63) is 53.6 Å². The van der Waals surface area contributed by atoms with Gasteiger partial charge in [0.2, 0.25) is 0 Å². The average molecular weight is 293 g/mol. The number of thiocarbonyl (C=S) groups is 1. The van der Waals surface area contributed by atoms with E-state index in [9.17, 15) is 0 Å². The zero-order valence-corrected chi connectivity index (χ0v) is 11.9. The van der Waals surface area contributed by atoms with E-state index in [0.29, 0.717) is 15.9 Å². The Balaban J connectivity index is 2.07. The molecule has 0 atom stereocenters. The van der Waals surface area contributed by atoms with E-state index in [2.05, 4.69) is 10.6 Å². The van der Waals surface area contributed by atoms with Gasteiger partial charge in [0.1, 0.15) is 5.75 Å². The van der Waals surface area contributed by atoms with Crippen LogP contribution in [-0.4, -0.2) is 12.2 Å². The molecule has 0 unspecified atom stereocenters. The Morgan fingerprint density at radius 2 is 1.84 bits per heavy atom. The number of halogens is 1. The van der Waals surface area contributed by atoms with Crippen LogP contribution >= 0.6 is 23.8 Å². The monoisotopic (exact) mass is 292 g/mol. The number of anilines is 2. The molecule has 0 radical (unpaired) electrons. The van der Waals surface area contributed by atoms with Gasteiger partial charge >= 0.3 is 0 Å². The Morgan fingerprint density at radius 3 is 2.53 bits per heavy atom. The van der Waals surface area contributed by atoms with E-state index in [0.717, 1.165) is 11.4 Å². The second kappa shape index (κ2) is 6.41. The molecule has 0 heterocycles. The molecule has 0 amide bonds. The Labute approximate surface area is 122 Å². The second-order valence-corrected chi connectivity index (χ2v) is 4.63. The zero-order chi connectivity index (χ0) is 13.7. The van der Waals surface area contributed by atoms with Crippen molar-refractivity contribution in [1.82, 2.24) is 0 Å². The van der Waals surface area contributed by atoms with Crippen LogP contribution in [0, 0.1) is 0 Å². The van der Waals surface area contributed by atoms with Crippen molar-refractivity contribution >= 4 is 40.3 Å². The number of hydrogen-bond acceptors (Lipinski definition) is 2. The fourth-order valence-electron chi connectivity index (χ4n) is 1.57. The summed E-state index contributed by atoms with van der Waals surface area (Å²) in [5.41, 5.74) is 1.69. The first-order chi connectivity index (χ1) is 9.19. The summed E-state index contributed by atoms with van der Waals surface area (Å²) in [6.45, 7) is 0. The highest BCUT2D eigenvalue weighted by Gasteiger charge is 2.05. The summed E-state index contributed by atoms with van der Waals surface area (Å²) in [6.07, 6.45) is 0. The lowest BCUT2D eigenvalue weighted by atomic mass is 10.3. The first-order valence-corrected chi connectivity index (χ1v) is 6.44. The van der Waals surface area contributed by atoms with E-state index in [4.69, 9.17) is 28.6 Å². The van der Waals surface area contributed by atoms with Gasteiger partial charge in [0.25, 0.3) is 0 Å². The highest BCUT2D eigenvalue weighted by molar-refractivity contribution is 7.80. The van der Waals surface area contributed by atoms with Crippen molar-refractivity contribution in [3.63, 3.8) is 0 Å². The topological polar surface area (TPSA) is 33.3 Å². The van der Waals surface area contributed by atoms with Gasteiger partial charge in [0, 0.05) is 16.8 Å². The largest absolute Gasteiger partial charge is 0.495 e. The molecule has 0 aliphatic rings. The lowest BCUT2D eigenvalue weighted by Gasteiger charge is -2.13. The average Bonchev–Trinajstić information content (AvgIpc) is 2.42. The number of nitrogens with one attached hydrogen (secondary N) is 2. The van der Waals surface area contributed by atoms with Crippen LogP contribution in [0.4, 0.5) is 11.4 Å². The molecule has 2 aromatic rings. The molecule has 0 saturated carbocycles. The van der Waals surface area contributed by atoms with E-state index < -0.39 is 0 Å². The second-order valence-electron chi connectivity index (χ2n) is 3.79. The van der Waals surface area contributed by atoms with Gasteiger partial charge in [0.15, 0.2) is 5.11 Å². The van der Waals surface area contributed by atoms with Crippen molar-refractivity contribution in [1.29, 1.82) is 0 Å². The molecule has 19 heavy (non-hydrogen) atoms. The molecule has 0 bridgehead atoms. The first-order valence-electron chi connectivity index (χ1n) is 5.65. The summed E-state index contributed by atoms with van der Waals surface area (Å²) in [6, 6.07) is 15.0. The number of hydrogen-bond donors (Lipinski definition) is 2. The third-order valence-corrected chi connectivity index (χ3v) is 2.88. The molecule has 3 nitrogen and oxygen atoms in total. The van der Waals surface area contributed by atoms with Crippen molar-refractivity contribution in [2.24, 2.45) is 0 Å². The third-order valence-electron chi connectivity index (χ3n) is 2.44. The number of methoxy groups -OCH3 is 1. The number of rotatable bonds is 3. The standard InChI is InChI=1S/C14H13ClN2OS/c1-18-13-9-10(15)7-8-12(13)17-14(19)16-11-5-3-2-4-6-11/h2-9H,1H3,(H2,16,17,19). The minimum absolute atomic E-state index is 0.492. The highest BCUT2D eigenvalue weighted by Crippen LogP contribution is 2.27. The van der Waals surface area contributed by atoms with Crippen molar-refractivity contribution in [3.8, 4) is 5.75 Å². The quantitative estimate of drug-likeness (QED) is 0.832. The summed E-state index contributed by atoms with van der Waals surface area (Å²) in [5.74, 6) is 0.643. The van der Waals surface area contributed by atoms with E-state index in [1.54, 1.807) is 19.2 Å². The van der Waals surface area contributed by atoms with E-state index in [1.807, 2.05) is 36.4 Å². The van der Waals surface area contributed by atoms with Gasteiger partial charge in [-0.25, -0.2) is 0 Å². The molecule has 2 N–H and O–H groups in total. The highest BCUT2D eigenvalue weighted by atomic mass is 35.5. The maximum Gasteiger partial charge on any atom is 0.175 e. The molecule has 0 saturated heterocycles. The van der Waals surface area contributed by atoms with Crippen LogP contribution in [0.2, 0.25) is 5.02 Å². The smallest absolute Gasteiger partial charge is 0.175 e. The molecular formula is C14H13ClN2OS. The van der Waals surface area contributed by atoms with Gasteiger partial charge in [-0.05, 0) is 36.5 Å². The van der Waals surface area contributed by atoms with Crippen molar-refractivity contribution in [2.45, 2.75) is 0 Å². The Hall–Kier alpha value is -1.78. The van der Waals surface area contributed by atoms with Gasteiger partial charge in [0.05, 0.1) is 12.8 Å². The van der Waals surface area contributed by atoms with Gasteiger partial charge in [-0.15, -0.1) is 0 Å². The summed E-state index contributed by atoms with van der Waals surface area (Å²) < 4.78 is 5.24. The third kappa shape index (κ3) is 3.84. The summed E-state index contributed by atoms with van der Waals surface area (Å²) in [5, 5.41) is 7.27. The molecule has 98 valence electrons. The van der Waals surface area contributed by atoms with Crippen LogP contribution in [0.5, 0.6) is 5.75 Å². The summed E-state index contributed by atoms with van der Waals surface area (Å²) in [4.78, 5) is 0. The van der Waals surface area contributed by atoms with Gasteiger partial charge in [-0.2, -0.15) is 0 Å². The molecule has 0 aliphatic heterocycles. The minimum atomic E-state index is 0.492. The molecule has 2 rings (SSSR count). The predicted octanol–water partition coefficient (Wildman–Crippen LogP) is 4.16. The maximum absolute atomic E-state index is 5.91. The molecule has 5 heteroatoms. The molecule has 0 aliphatic carbocycles. The lowest BCUT2D eigenvalue weighted by molar-refractivity contribution is 0.417. The Bertz CT molecular complexity index is 575. The summed E-state index contributed by atoms with van der Waals surface area (Å²) in [7, 11) is 1.59. The van der Waals surface area contributed by atoms with Crippen LogP contribution in [0.3, 0.4) is 0 Å². The van der Waals surface area contributed by atoms with Gasteiger partial charge < -0.3 is 15.4 Å². The van der Waals surface area contributed by atoms with E-state index >= 15 is 0 Å². The number of para-hydroxylation sites is 1. The maximum atomic E-state index is 5.91. The van der Waals surface area contributed by atoms with Crippen LogP contribution in [0.1, 0.15) is 0 Å². The normalized spacial score (nSPS) is 9.79. The van der Waals surface area contributed by atoms with Gasteiger partial charge in [-0.1, -0.05) is 29.8 Å². The molecule has 0 aromatic heterocycles. The number of benzene rings is 2. The predicted molar refractivity (Wildman–Crippen MR) is 84.3 cm³/mol. The van der Waals surface area contributed by atoms with E-state index in [1.165, 1.54) is 0 Å².